The van der Waals surface area contributed by atoms with E-state index in [1.165, 1.54) is 18.2 Å². The van der Waals surface area contributed by atoms with E-state index in [2.05, 4.69) is 33.0 Å². The first-order valence-corrected chi connectivity index (χ1v) is 9.24. The number of hydrogen-bond donors (Lipinski definition) is 1. The van der Waals surface area contributed by atoms with Gasteiger partial charge in [-0.3, -0.25) is 4.79 Å². The minimum atomic E-state index is -0.0856. The predicted molar refractivity (Wildman–Crippen MR) is 94.6 cm³/mol. The number of thioether (sulfide) groups is 1. The summed E-state index contributed by atoms with van der Waals surface area (Å²) in [6, 6.07) is 7.56. The number of hydrogen-bond acceptors (Lipinski definition) is 6. The van der Waals surface area contributed by atoms with E-state index in [4.69, 9.17) is 4.74 Å². The maximum atomic E-state index is 12.2. The summed E-state index contributed by atoms with van der Waals surface area (Å²) in [5, 5.41) is 15.6. The topological polar surface area (TPSA) is 81.9 Å². The highest BCUT2D eigenvalue weighted by Gasteiger charge is 2.38. The zero-order valence-corrected chi connectivity index (χ0v) is 14.6. The van der Waals surface area contributed by atoms with Gasteiger partial charge in [0.05, 0.1) is 18.9 Å². The molecule has 1 fully saturated rings. The third-order valence-electron chi connectivity index (χ3n) is 4.73. The number of ether oxygens (including phenoxy) is 1. The summed E-state index contributed by atoms with van der Waals surface area (Å²) in [4.78, 5) is 12.2. The molecule has 0 aliphatic heterocycles. The summed E-state index contributed by atoms with van der Waals surface area (Å²) >= 11 is 1.37. The molecule has 1 amide bonds. The fraction of sp³-hybridized carbons (Fsp3) is 0.412. The van der Waals surface area contributed by atoms with Crippen LogP contribution in [0, 0.1) is 11.8 Å². The highest BCUT2D eigenvalue weighted by Crippen LogP contribution is 2.46. The number of tetrazole rings is 1. The highest BCUT2D eigenvalue weighted by atomic mass is 32.2. The van der Waals surface area contributed by atoms with Crippen molar-refractivity contribution in [3.05, 3.63) is 36.4 Å². The van der Waals surface area contributed by atoms with Crippen LogP contribution in [0.1, 0.15) is 18.9 Å². The van der Waals surface area contributed by atoms with Gasteiger partial charge in [-0.15, -0.1) is 5.10 Å². The minimum absolute atomic E-state index is 0.0856. The monoisotopic (exact) mass is 357 g/mol. The number of benzene rings is 1. The van der Waals surface area contributed by atoms with Gasteiger partial charge in [0.15, 0.2) is 0 Å². The standard InChI is InChI=1S/C17H19N5O2S/c1-24-14-6-4-13(5-7-14)18-16(23)10-25-17-19-20-21-22(17)15-9-11-2-3-12(15)8-11/h2-7,11-12,15H,8-10H2,1H3,(H,18,23)/t11-,12-,15+/m0/s1. The Morgan fingerprint density at radius 2 is 2.16 bits per heavy atom. The molecule has 130 valence electrons. The molecule has 2 aliphatic rings. The van der Waals surface area contributed by atoms with Crippen LogP contribution in [0.4, 0.5) is 5.69 Å². The molecule has 1 saturated carbocycles. The molecule has 8 heteroatoms. The summed E-state index contributed by atoms with van der Waals surface area (Å²) in [6.07, 6.45) is 6.83. The van der Waals surface area contributed by atoms with Gasteiger partial charge in [0.2, 0.25) is 11.1 Å². The zero-order valence-electron chi connectivity index (χ0n) is 13.8. The van der Waals surface area contributed by atoms with Crippen LogP contribution in [-0.2, 0) is 4.79 Å². The smallest absolute Gasteiger partial charge is 0.234 e. The number of fused-ring (bicyclic) bond motifs is 2. The number of methoxy groups -OCH3 is 1. The van der Waals surface area contributed by atoms with Crippen molar-refractivity contribution in [1.29, 1.82) is 0 Å². The van der Waals surface area contributed by atoms with Crippen LogP contribution in [0.2, 0.25) is 0 Å². The fourth-order valence-electron chi connectivity index (χ4n) is 3.52. The van der Waals surface area contributed by atoms with Crippen LogP contribution in [0.3, 0.4) is 0 Å². The first-order chi connectivity index (χ1) is 12.2. The highest BCUT2D eigenvalue weighted by molar-refractivity contribution is 7.99. The average Bonchev–Trinajstić information content (AvgIpc) is 3.36. The molecule has 1 aromatic carbocycles. The van der Waals surface area contributed by atoms with Crippen molar-refractivity contribution in [1.82, 2.24) is 20.2 Å². The lowest BCUT2D eigenvalue weighted by molar-refractivity contribution is -0.113. The quantitative estimate of drug-likeness (QED) is 0.632. The largest absolute Gasteiger partial charge is 0.497 e. The number of carbonyl (C=O) groups excluding carboxylic acids is 1. The number of nitrogens with one attached hydrogen (secondary N) is 1. The zero-order chi connectivity index (χ0) is 17.2. The third kappa shape index (κ3) is 3.39. The van der Waals surface area contributed by atoms with Crippen molar-refractivity contribution < 1.29 is 9.53 Å². The first-order valence-electron chi connectivity index (χ1n) is 8.26. The van der Waals surface area contributed by atoms with Crippen LogP contribution in [0.15, 0.2) is 41.6 Å². The van der Waals surface area contributed by atoms with Crippen molar-refractivity contribution in [2.75, 3.05) is 18.2 Å². The van der Waals surface area contributed by atoms with E-state index >= 15 is 0 Å². The Morgan fingerprint density at radius 1 is 1.32 bits per heavy atom. The Morgan fingerprint density at radius 3 is 2.84 bits per heavy atom. The maximum Gasteiger partial charge on any atom is 0.234 e. The van der Waals surface area contributed by atoms with Crippen molar-refractivity contribution in [3.8, 4) is 5.75 Å². The molecule has 2 aromatic rings. The number of nitrogens with zero attached hydrogens (tertiary/aromatic N) is 4. The van der Waals surface area contributed by atoms with E-state index in [0.717, 1.165) is 17.9 Å². The second-order valence-electron chi connectivity index (χ2n) is 6.32. The summed E-state index contributed by atoms with van der Waals surface area (Å²) in [5.41, 5.74) is 0.740. The van der Waals surface area contributed by atoms with Gasteiger partial charge in [-0.25, -0.2) is 4.68 Å². The Hall–Kier alpha value is -2.35. The Bertz CT molecular complexity index is 789. The Labute approximate surface area is 149 Å². The predicted octanol–water partition coefficient (Wildman–Crippen LogP) is 2.55. The van der Waals surface area contributed by atoms with Gasteiger partial charge < -0.3 is 10.1 Å². The van der Waals surface area contributed by atoms with Crippen molar-refractivity contribution in [3.63, 3.8) is 0 Å². The average molecular weight is 357 g/mol. The van der Waals surface area contributed by atoms with Gasteiger partial charge in [-0.1, -0.05) is 23.9 Å². The molecule has 7 nitrogen and oxygen atoms in total. The maximum absolute atomic E-state index is 12.2. The molecule has 0 spiro atoms. The molecule has 25 heavy (non-hydrogen) atoms. The summed E-state index contributed by atoms with van der Waals surface area (Å²) < 4.78 is 7.00. The minimum Gasteiger partial charge on any atom is -0.497 e. The van der Waals surface area contributed by atoms with Gasteiger partial charge in [0.1, 0.15) is 5.75 Å². The number of aromatic nitrogens is 4. The normalized spacial score (nSPS) is 23.8. The van der Waals surface area contributed by atoms with Crippen LogP contribution < -0.4 is 10.1 Å². The number of rotatable bonds is 6. The van der Waals surface area contributed by atoms with Gasteiger partial charge in [-0.05, 0) is 59.4 Å². The summed E-state index contributed by atoms with van der Waals surface area (Å²) in [6.45, 7) is 0. The van der Waals surface area contributed by atoms with E-state index in [0.29, 0.717) is 23.0 Å². The molecule has 0 radical (unpaired) electrons. The number of allylic oxidation sites excluding steroid dienone is 2. The van der Waals surface area contributed by atoms with Crippen LogP contribution >= 0.6 is 11.8 Å². The first kappa shape index (κ1) is 16.1. The van der Waals surface area contributed by atoms with Gasteiger partial charge in [-0.2, -0.15) is 0 Å². The molecule has 1 N–H and O–H groups in total. The summed E-state index contributed by atoms with van der Waals surface area (Å²) in [5.74, 6) is 2.10. The lowest BCUT2D eigenvalue weighted by Crippen LogP contribution is -2.18. The van der Waals surface area contributed by atoms with Crippen molar-refractivity contribution >= 4 is 23.4 Å². The molecule has 3 atom stereocenters. The van der Waals surface area contributed by atoms with E-state index in [1.807, 2.05) is 28.9 Å². The van der Waals surface area contributed by atoms with E-state index in [9.17, 15) is 4.79 Å². The third-order valence-corrected chi connectivity index (χ3v) is 5.66. The van der Waals surface area contributed by atoms with Crippen molar-refractivity contribution in [2.45, 2.75) is 24.0 Å². The Kier molecular flexibility index (Phi) is 4.44. The van der Waals surface area contributed by atoms with Crippen LogP contribution in [0.25, 0.3) is 0 Å². The van der Waals surface area contributed by atoms with Crippen LogP contribution in [-0.4, -0.2) is 39.0 Å². The molecule has 1 heterocycles. The molecular formula is C17H19N5O2S. The van der Waals surface area contributed by atoms with Gasteiger partial charge in [0.25, 0.3) is 0 Å². The van der Waals surface area contributed by atoms with Gasteiger partial charge in [0, 0.05) is 5.69 Å². The number of carbonyl (C=O) groups is 1. The molecule has 4 rings (SSSR count). The molecule has 0 unspecified atom stereocenters. The second kappa shape index (κ2) is 6.87. The molecular weight excluding hydrogens is 338 g/mol. The Balaban J connectivity index is 1.34. The fourth-order valence-corrected chi connectivity index (χ4v) is 4.25. The number of anilines is 1. The lowest BCUT2D eigenvalue weighted by atomic mass is 10.0. The molecule has 2 aliphatic carbocycles. The van der Waals surface area contributed by atoms with Crippen LogP contribution in [0.5, 0.6) is 5.75 Å². The second-order valence-corrected chi connectivity index (χ2v) is 7.26. The summed E-state index contributed by atoms with van der Waals surface area (Å²) in [7, 11) is 1.61. The van der Waals surface area contributed by atoms with E-state index < -0.39 is 0 Å². The van der Waals surface area contributed by atoms with Gasteiger partial charge >= 0.3 is 0 Å². The molecule has 1 aromatic heterocycles. The van der Waals surface area contributed by atoms with E-state index in [1.54, 1.807) is 7.11 Å². The number of amides is 1. The molecule has 2 bridgehead atoms. The lowest BCUT2D eigenvalue weighted by Gasteiger charge is -2.18. The van der Waals surface area contributed by atoms with E-state index in [-0.39, 0.29) is 11.7 Å². The SMILES string of the molecule is COc1ccc(NC(=O)CSc2nnnn2[C@@H]2C[C@H]3C=C[C@H]2C3)cc1. The van der Waals surface area contributed by atoms with Crippen molar-refractivity contribution in [2.24, 2.45) is 11.8 Å². The molecule has 0 saturated heterocycles.